The summed E-state index contributed by atoms with van der Waals surface area (Å²) in [7, 11) is 2.00. The molecule has 0 aromatic carbocycles. The van der Waals surface area contributed by atoms with E-state index in [0.29, 0.717) is 42.2 Å². The van der Waals surface area contributed by atoms with Gasteiger partial charge in [-0.05, 0) is 26.4 Å². The molecule has 1 unspecified atom stereocenters. The lowest BCUT2D eigenvalue weighted by Crippen LogP contribution is -2.53. The predicted molar refractivity (Wildman–Crippen MR) is 103 cm³/mol. The standard InChI is InChI=1S/C17H22N6O3S/c1-21-4-2-3-11(21)15(24)23-7-5-22(6-8-23)13-12-10(16(25)26)9-27-14(12)20-17(18)19-13/h9,11H,2-8H2,1H3,(H,25,26)(H2,18,19,20). The quantitative estimate of drug-likeness (QED) is 0.787. The molecule has 2 aliphatic rings. The van der Waals surface area contributed by atoms with E-state index in [1.165, 1.54) is 11.3 Å². The average Bonchev–Trinajstić information content (AvgIpc) is 3.26. The summed E-state index contributed by atoms with van der Waals surface area (Å²) < 4.78 is 0. The normalized spacial score (nSPS) is 21.1. The van der Waals surface area contributed by atoms with Gasteiger partial charge in [-0.25, -0.2) is 9.78 Å². The number of rotatable bonds is 3. The van der Waals surface area contributed by atoms with Crippen LogP contribution in [-0.4, -0.2) is 82.6 Å². The number of aromatic nitrogens is 2. The monoisotopic (exact) mass is 390 g/mol. The van der Waals surface area contributed by atoms with Crippen LogP contribution in [0.4, 0.5) is 11.8 Å². The number of amides is 1. The van der Waals surface area contributed by atoms with Crippen LogP contribution in [0.5, 0.6) is 0 Å². The Kier molecular flexibility index (Phi) is 4.60. The number of anilines is 2. The topological polar surface area (TPSA) is 116 Å². The van der Waals surface area contributed by atoms with Gasteiger partial charge in [0.25, 0.3) is 0 Å². The van der Waals surface area contributed by atoms with E-state index in [-0.39, 0.29) is 23.5 Å². The summed E-state index contributed by atoms with van der Waals surface area (Å²) in [6, 6.07) is -0.0200. The van der Waals surface area contributed by atoms with Crippen LogP contribution in [-0.2, 0) is 4.79 Å². The number of likely N-dealkylation sites (tertiary alicyclic amines) is 1. The minimum atomic E-state index is -1.01. The summed E-state index contributed by atoms with van der Waals surface area (Å²) in [5.41, 5.74) is 6.02. The number of nitrogens with two attached hydrogens (primary N) is 1. The van der Waals surface area contributed by atoms with Crippen LogP contribution in [0.1, 0.15) is 23.2 Å². The molecule has 10 heteroatoms. The van der Waals surface area contributed by atoms with Crippen molar-refractivity contribution in [3.63, 3.8) is 0 Å². The van der Waals surface area contributed by atoms with Crippen LogP contribution < -0.4 is 10.6 Å². The molecular formula is C17H22N6O3S. The molecule has 0 aliphatic carbocycles. The van der Waals surface area contributed by atoms with Crippen molar-refractivity contribution in [2.75, 3.05) is 50.4 Å². The smallest absolute Gasteiger partial charge is 0.337 e. The van der Waals surface area contributed by atoms with Gasteiger partial charge in [-0.15, -0.1) is 11.3 Å². The number of piperazine rings is 1. The number of nitrogens with zero attached hydrogens (tertiary/aromatic N) is 5. The van der Waals surface area contributed by atoms with E-state index in [4.69, 9.17) is 5.73 Å². The first kappa shape index (κ1) is 17.9. The Balaban J connectivity index is 1.55. The summed E-state index contributed by atoms with van der Waals surface area (Å²) in [6.07, 6.45) is 1.97. The zero-order chi connectivity index (χ0) is 19.1. The maximum atomic E-state index is 12.8. The molecule has 2 aliphatic heterocycles. The lowest BCUT2D eigenvalue weighted by molar-refractivity contribution is -0.135. The second kappa shape index (κ2) is 6.93. The second-order valence-electron chi connectivity index (χ2n) is 6.99. The fourth-order valence-electron chi connectivity index (χ4n) is 3.90. The Morgan fingerprint density at radius 1 is 1.22 bits per heavy atom. The van der Waals surface area contributed by atoms with Crippen molar-refractivity contribution in [3.05, 3.63) is 10.9 Å². The van der Waals surface area contributed by atoms with Gasteiger partial charge in [0, 0.05) is 31.6 Å². The van der Waals surface area contributed by atoms with E-state index in [2.05, 4.69) is 14.9 Å². The Labute approximate surface area is 160 Å². The molecule has 1 atom stereocenters. The molecule has 144 valence electrons. The number of carbonyl (C=O) groups is 2. The van der Waals surface area contributed by atoms with Gasteiger partial charge in [-0.2, -0.15) is 4.98 Å². The molecule has 2 fully saturated rings. The van der Waals surface area contributed by atoms with Gasteiger partial charge in [0.05, 0.1) is 17.0 Å². The molecule has 3 N–H and O–H groups in total. The van der Waals surface area contributed by atoms with Crippen LogP contribution in [0.2, 0.25) is 0 Å². The lowest BCUT2D eigenvalue weighted by atomic mass is 10.1. The van der Waals surface area contributed by atoms with Crippen LogP contribution in [0, 0.1) is 0 Å². The largest absolute Gasteiger partial charge is 0.478 e. The van der Waals surface area contributed by atoms with Gasteiger partial charge in [0.15, 0.2) is 0 Å². The number of carboxylic acid groups (broad SMARTS) is 1. The van der Waals surface area contributed by atoms with E-state index >= 15 is 0 Å². The van der Waals surface area contributed by atoms with E-state index < -0.39 is 5.97 Å². The Morgan fingerprint density at radius 3 is 2.59 bits per heavy atom. The number of likely N-dealkylation sites (N-methyl/N-ethyl adjacent to an activating group) is 1. The minimum Gasteiger partial charge on any atom is -0.478 e. The van der Waals surface area contributed by atoms with Crippen molar-refractivity contribution in [1.29, 1.82) is 0 Å². The van der Waals surface area contributed by atoms with E-state index in [1.54, 1.807) is 5.38 Å². The number of carboxylic acids is 1. The summed E-state index contributed by atoms with van der Waals surface area (Å²) in [6.45, 7) is 3.30. The number of hydrogen-bond donors (Lipinski definition) is 2. The fraction of sp³-hybridized carbons (Fsp3) is 0.529. The number of aromatic carboxylic acids is 1. The van der Waals surface area contributed by atoms with Gasteiger partial charge in [-0.1, -0.05) is 0 Å². The molecular weight excluding hydrogens is 368 g/mol. The molecule has 2 aromatic heterocycles. The molecule has 0 saturated carbocycles. The molecule has 1 amide bonds. The van der Waals surface area contributed by atoms with Crippen molar-refractivity contribution in [2.45, 2.75) is 18.9 Å². The highest BCUT2D eigenvalue weighted by molar-refractivity contribution is 7.17. The summed E-state index contributed by atoms with van der Waals surface area (Å²) >= 11 is 1.25. The van der Waals surface area contributed by atoms with Gasteiger partial charge in [0.2, 0.25) is 11.9 Å². The first-order valence-corrected chi connectivity index (χ1v) is 9.85. The molecule has 0 radical (unpaired) electrons. The van der Waals surface area contributed by atoms with Crippen molar-refractivity contribution in [2.24, 2.45) is 0 Å². The van der Waals surface area contributed by atoms with Crippen molar-refractivity contribution < 1.29 is 14.7 Å². The predicted octanol–water partition coefficient (Wildman–Crippen LogP) is 0.714. The van der Waals surface area contributed by atoms with Crippen LogP contribution in [0.25, 0.3) is 10.2 Å². The first-order chi connectivity index (χ1) is 13.0. The molecule has 4 heterocycles. The van der Waals surface area contributed by atoms with Gasteiger partial charge in [-0.3, -0.25) is 9.69 Å². The Hall–Kier alpha value is -2.46. The highest BCUT2D eigenvalue weighted by Crippen LogP contribution is 2.33. The third-order valence-electron chi connectivity index (χ3n) is 5.36. The number of hydrogen-bond acceptors (Lipinski definition) is 8. The third kappa shape index (κ3) is 3.19. The molecule has 0 bridgehead atoms. The molecule has 0 spiro atoms. The number of fused-ring (bicyclic) bond motifs is 1. The molecule has 27 heavy (non-hydrogen) atoms. The summed E-state index contributed by atoms with van der Waals surface area (Å²) in [4.78, 5) is 39.4. The van der Waals surface area contributed by atoms with Crippen LogP contribution in [0.3, 0.4) is 0 Å². The van der Waals surface area contributed by atoms with Crippen molar-refractivity contribution in [1.82, 2.24) is 19.8 Å². The third-order valence-corrected chi connectivity index (χ3v) is 6.23. The Morgan fingerprint density at radius 2 is 1.96 bits per heavy atom. The van der Waals surface area contributed by atoms with Crippen molar-refractivity contribution >= 4 is 45.2 Å². The fourth-order valence-corrected chi connectivity index (χ4v) is 4.81. The maximum absolute atomic E-state index is 12.8. The molecule has 2 aromatic rings. The Bertz CT molecular complexity index is 892. The summed E-state index contributed by atoms with van der Waals surface area (Å²) in [5.74, 6) is -0.152. The number of carbonyl (C=O) groups excluding carboxylic acids is 1. The van der Waals surface area contributed by atoms with E-state index in [0.717, 1.165) is 19.4 Å². The zero-order valence-corrected chi connectivity index (χ0v) is 15.9. The summed E-state index contributed by atoms with van der Waals surface area (Å²) in [5, 5.41) is 11.6. The molecule has 4 rings (SSSR count). The van der Waals surface area contributed by atoms with Gasteiger partial charge in [0.1, 0.15) is 10.6 Å². The number of nitrogen functional groups attached to an aromatic ring is 1. The van der Waals surface area contributed by atoms with Gasteiger partial charge < -0.3 is 20.6 Å². The zero-order valence-electron chi connectivity index (χ0n) is 15.1. The van der Waals surface area contributed by atoms with Crippen LogP contribution in [0.15, 0.2) is 5.38 Å². The lowest BCUT2D eigenvalue weighted by Gasteiger charge is -2.37. The average molecular weight is 390 g/mol. The molecule has 2 saturated heterocycles. The highest BCUT2D eigenvalue weighted by atomic mass is 32.1. The minimum absolute atomic E-state index is 0.0200. The SMILES string of the molecule is CN1CCCC1C(=O)N1CCN(c2nc(N)nc3scc(C(=O)O)c23)CC1. The van der Waals surface area contributed by atoms with E-state index in [1.807, 2.05) is 16.8 Å². The van der Waals surface area contributed by atoms with E-state index in [9.17, 15) is 14.7 Å². The maximum Gasteiger partial charge on any atom is 0.337 e. The highest BCUT2D eigenvalue weighted by Gasteiger charge is 2.33. The second-order valence-corrected chi connectivity index (χ2v) is 7.85. The van der Waals surface area contributed by atoms with Gasteiger partial charge >= 0.3 is 5.97 Å². The molecule has 9 nitrogen and oxygen atoms in total. The number of thiophene rings is 1. The van der Waals surface area contributed by atoms with Crippen LogP contribution >= 0.6 is 11.3 Å². The van der Waals surface area contributed by atoms with Crippen molar-refractivity contribution in [3.8, 4) is 0 Å². The first-order valence-electron chi connectivity index (χ1n) is 8.97.